The fourth-order valence-corrected chi connectivity index (χ4v) is 3.22. The minimum Gasteiger partial charge on any atom is -0.480 e. The Morgan fingerprint density at radius 2 is 1.76 bits per heavy atom. The number of carboxylic acid groups (broad SMARTS) is 1. The van der Waals surface area contributed by atoms with Crippen molar-refractivity contribution in [3.63, 3.8) is 0 Å². The fourth-order valence-electron chi connectivity index (χ4n) is 2.29. The first-order chi connectivity index (χ1) is 12.0. The summed E-state index contributed by atoms with van der Waals surface area (Å²) >= 11 is 1.16. The number of amides is 1. The van der Waals surface area contributed by atoms with E-state index in [1.807, 2.05) is 24.3 Å². The Bertz CT molecular complexity index is 748. The number of hydrogen-bond acceptors (Lipinski definition) is 4. The van der Waals surface area contributed by atoms with E-state index in [9.17, 15) is 9.59 Å². The molecule has 0 bridgehead atoms. The summed E-state index contributed by atoms with van der Waals surface area (Å²) in [5.41, 5.74) is 2.49. The number of ether oxygens (including phenoxy) is 1. The topological polar surface area (TPSA) is 75.6 Å². The monoisotopic (exact) mass is 359 g/mol. The molecular formula is C19H21NO4S. The van der Waals surface area contributed by atoms with Crippen molar-refractivity contribution < 1.29 is 19.4 Å². The maximum atomic E-state index is 12.6. The van der Waals surface area contributed by atoms with Crippen LogP contribution in [0.3, 0.4) is 0 Å². The molecule has 2 aromatic carbocycles. The number of nitrogens with one attached hydrogen (secondary N) is 1. The minimum absolute atomic E-state index is 0.229. The van der Waals surface area contributed by atoms with Crippen LogP contribution in [0, 0.1) is 0 Å². The van der Waals surface area contributed by atoms with Crippen LogP contribution >= 0.6 is 11.8 Å². The highest BCUT2D eigenvalue weighted by Crippen LogP contribution is 2.27. The van der Waals surface area contributed by atoms with Gasteiger partial charge in [0.15, 0.2) is 0 Å². The molecule has 2 N–H and O–H groups in total. The molecule has 0 saturated carbocycles. The van der Waals surface area contributed by atoms with Gasteiger partial charge < -0.3 is 15.2 Å². The van der Waals surface area contributed by atoms with Crippen LogP contribution in [0.15, 0.2) is 53.4 Å². The molecule has 1 amide bonds. The first-order valence-corrected chi connectivity index (χ1v) is 8.73. The molecule has 0 aliphatic heterocycles. The molecule has 0 radical (unpaired) electrons. The van der Waals surface area contributed by atoms with E-state index in [-0.39, 0.29) is 5.91 Å². The van der Waals surface area contributed by atoms with E-state index >= 15 is 0 Å². The van der Waals surface area contributed by atoms with Gasteiger partial charge >= 0.3 is 5.97 Å². The third-order valence-corrected chi connectivity index (χ3v) is 4.81. The number of methoxy groups -OCH3 is 1. The van der Waals surface area contributed by atoms with E-state index in [1.54, 1.807) is 38.3 Å². The van der Waals surface area contributed by atoms with Crippen molar-refractivity contribution in [2.75, 3.05) is 7.11 Å². The van der Waals surface area contributed by atoms with E-state index in [4.69, 9.17) is 9.84 Å². The number of carboxylic acids is 1. The van der Waals surface area contributed by atoms with Crippen LogP contribution in [0.2, 0.25) is 0 Å². The third-order valence-electron chi connectivity index (χ3n) is 3.64. The van der Waals surface area contributed by atoms with Crippen LogP contribution in [-0.2, 0) is 22.7 Å². The van der Waals surface area contributed by atoms with Crippen LogP contribution in [-0.4, -0.2) is 29.3 Å². The standard InChI is InChI=1S/C19H21NO4S/c1-13(19(22)23)25-17-10-6-5-9-16(17)18(21)20-11-14-7-3-4-8-15(14)12-24-2/h3-10,13H,11-12H2,1-2H3,(H,20,21)(H,22,23). The van der Waals surface area contributed by atoms with Gasteiger partial charge in [0.1, 0.15) is 5.25 Å². The molecule has 1 unspecified atom stereocenters. The Labute approximate surface area is 151 Å². The van der Waals surface area contributed by atoms with E-state index in [1.165, 1.54) is 0 Å². The first kappa shape index (κ1) is 19.0. The van der Waals surface area contributed by atoms with Crippen molar-refractivity contribution in [1.29, 1.82) is 0 Å². The van der Waals surface area contributed by atoms with Crippen molar-refractivity contribution in [3.8, 4) is 0 Å². The van der Waals surface area contributed by atoms with Crippen molar-refractivity contribution in [2.24, 2.45) is 0 Å². The van der Waals surface area contributed by atoms with E-state index < -0.39 is 11.2 Å². The lowest BCUT2D eigenvalue weighted by atomic mass is 10.1. The second-order valence-corrected chi connectivity index (χ2v) is 6.86. The van der Waals surface area contributed by atoms with Gasteiger partial charge in [0.25, 0.3) is 5.91 Å². The molecule has 6 heteroatoms. The maximum Gasteiger partial charge on any atom is 0.316 e. The molecule has 5 nitrogen and oxygen atoms in total. The molecule has 25 heavy (non-hydrogen) atoms. The maximum absolute atomic E-state index is 12.6. The molecule has 0 saturated heterocycles. The van der Waals surface area contributed by atoms with E-state index in [2.05, 4.69) is 5.32 Å². The third kappa shape index (κ3) is 5.34. The summed E-state index contributed by atoms with van der Waals surface area (Å²) in [6, 6.07) is 14.8. The number of carbonyl (C=O) groups is 2. The Morgan fingerprint density at radius 1 is 1.12 bits per heavy atom. The van der Waals surface area contributed by atoms with Crippen LogP contribution in [0.5, 0.6) is 0 Å². The highest BCUT2D eigenvalue weighted by atomic mass is 32.2. The smallest absolute Gasteiger partial charge is 0.316 e. The second kappa shape index (κ2) is 9.25. The summed E-state index contributed by atoms with van der Waals surface area (Å²) in [5.74, 6) is -1.14. The zero-order chi connectivity index (χ0) is 18.2. The second-order valence-electron chi connectivity index (χ2n) is 5.48. The van der Waals surface area contributed by atoms with Crippen LogP contribution in [0.4, 0.5) is 0 Å². The predicted octanol–water partition coefficient (Wildman–Crippen LogP) is 3.33. The Hall–Kier alpha value is -2.31. The number of thioether (sulfide) groups is 1. The summed E-state index contributed by atoms with van der Waals surface area (Å²) in [4.78, 5) is 24.3. The SMILES string of the molecule is COCc1ccccc1CNC(=O)c1ccccc1SC(C)C(=O)O. The summed E-state index contributed by atoms with van der Waals surface area (Å²) in [5, 5.41) is 11.3. The fraction of sp³-hybridized carbons (Fsp3) is 0.263. The number of aliphatic carboxylic acids is 1. The van der Waals surface area contributed by atoms with Gasteiger partial charge in [0.2, 0.25) is 0 Å². The van der Waals surface area contributed by atoms with Gasteiger partial charge in [0, 0.05) is 18.6 Å². The number of hydrogen-bond donors (Lipinski definition) is 2. The van der Waals surface area contributed by atoms with Crippen LogP contribution in [0.1, 0.15) is 28.4 Å². The molecule has 0 aliphatic rings. The molecular weight excluding hydrogens is 338 g/mol. The molecule has 0 aromatic heterocycles. The zero-order valence-corrected chi connectivity index (χ0v) is 15.0. The lowest BCUT2D eigenvalue weighted by molar-refractivity contribution is -0.136. The van der Waals surface area contributed by atoms with Gasteiger partial charge in [0.05, 0.1) is 12.2 Å². The molecule has 1 atom stereocenters. The van der Waals surface area contributed by atoms with Crippen molar-refractivity contribution in [3.05, 3.63) is 65.2 Å². The van der Waals surface area contributed by atoms with E-state index in [0.29, 0.717) is 23.6 Å². The van der Waals surface area contributed by atoms with E-state index in [0.717, 1.165) is 22.9 Å². The summed E-state index contributed by atoms with van der Waals surface area (Å²) in [6.45, 7) is 2.46. The first-order valence-electron chi connectivity index (χ1n) is 7.85. The molecule has 0 aliphatic carbocycles. The number of benzene rings is 2. The molecule has 132 valence electrons. The van der Waals surface area contributed by atoms with Gasteiger partial charge in [-0.05, 0) is 30.2 Å². The highest BCUT2D eigenvalue weighted by Gasteiger charge is 2.17. The summed E-state index contributed by atoms with van der Waals surface area (Å²) < 4.78 is 5.17. The van der Waals surface area contributed by atoms with Gasteiger partial charge in [-0.25, -0.2) is 0 Å². The van der Waals surface area contributed by atoms with Gasteiger partial charge in [-0.15, -0.1) is 11.8 Å². The largest absolute Gasteiger partial charge is 0.480 e. The van der Waals surface area contributed by atoms with Crippen LogP contribution in [0.25, 0.3) is 0 Å². The molecule has 0 fully saturated rings. The van der Waals surface area contributed by atoms with Gasteiger partial charge in [-0.2, -0.15) is 0 Å². The minimum atomic E-state index is -0.909. The highest BCUT2D eigenvalue weighted by molar-refractivity contribution is 8.00. The summed E-state index contributed by atoms with van der Waals surface area (Å²) in [7, 11) is 1.63. The zero-order valence-electron chi connectivity index (χ0n) is 14.2. The Morgan fingerprint density at radius 3 is 2.44 bits per heavy atom. The quantitative estimate of drug-likeness (QED) is 0.707. The van der Waals surface area contributed by atoms with Crippen molar-refractivity contribution in [1.82, 2.24) is 5.32 Å². The molecule has 0 spiro atoms. The Kier molecular flexibility index (Phi) is 7.03. The molecule has 2 aromatic rings. The van der Waals surface area contributed by atoms with Crippen LogP contribution < -0.4 is 5.32 Å². The Balaban J connectivity index is 2.10. The lowest BCUT2D eigenvalue weighted by Crippen LogP contribution is -2.24. The van der Waals surface area contributed by atoms with Crippen molar-refractivity contribution in [2.45, 2.75) is 30.2 Å². The average molecular weight is 359 g/mol. The summed E-state index contributed by atoms with van der Waals surface area (Å²) in [6.07, 6.45) is 0. The number of rotatable bonds is 8. The van der Waals surface area contributed by atoms with Crippen molar-refractivity contribution >= 4 is 23.6 Å². The average Bonchev–Trinajstić information content (AvgIpc) is 2.61. The molecule has 0 heterocycles. The predicted molar refractivity (Wildman–Crippen MR) is 97.7 cm³/mol. The molecule has 2 rings (SSSR count). The van der Waals surface area contributed by atoms with Gasteiger partial charge in [-0.1, -0.05) is 36.4 Å². The lowest BCUT2D eigenvalue weighted by Gasteiger charge is -2.13. The normalized spacial score (nSPS) is 11.8. The van der Waals surface area contributed by atoms with Gasteiger partial charge in [-0.3, -0.25) is 9.59 Å². The number of carbonyl (C=O) groups excluding carboxylic acids is 1.